The molecule has 174 valence electrons. The highest BCUT2D eigenvalue weighted by atomic mass is 32.2. The Morgan fingerprint density at radius 1 is 1.18 bits per heavy atom. The first-order valence-corrected chi connectivity index (χ1v) is 13.1. The fourth-order valence-electron chi connectivity index (χ4n) is 3.64. The number of sulfonamides is 1. The van der Waals surface area contributed by atoms with E-state index in [0.717, 1.165) is 23.3 Å². The number of pyridine rings is 2. The number of anilines is 1. The van der Waals surface area contributed by atoms with Crippen LogP contribution in [0.4, 0.5) is 5.69 Å². The molecule has 0 atom stereocenters. The van der Waals surface area contributed by atoms with Crippen LogP contribution < -0.4 is 14.8 Å². The molecule has 3 aromatic heterocycles. The topological polar surface area (TPSA) is 123 Å². The Morgan fingerprint density at radius 3 is 2.79 bits per heavy atom. The molecule has 9 nitrogen and oxygen atoms in total. The predicted octanol–water partition coefficient (Wildman–Crippen LogP) is 3.61. The molecule has 4 rings (SSSR count). The molecule has 1 amide bonds. The minimum absolute atomic E-state index is 0.147. The molecule has 1 saturated carbocycles. The van der Waals surface area contributed by atoms with Gasteiger partial charge in [-0.05, 0) is 38.0 Å². The molecule has 33 heavy (non-hydrogen) atoms. The minimum atomic E-state index is -3.42. The summed E-state index contributed by atoms with van der Waals surface area (Å²) in [6.45, 7) is 2.59. The van der Waals surface area contributed by atoms with Crippen molar-refractivity contribution in [2.75, 3.05) is 11.3 Å². The molecule has 0 radical (unpaired) electrons. The van der Waals surface area contributed by atoms with Gasteiger partial charge in [-0.15, -0.1) is 11.3 Å². The van der Waals surface area contributed by atoms with E-state index in [4.69, 9.17) is 4.74 Å². The summed E-state index contributed by atoms with van der Waals surface area (Å²) >= 11 is 1.25. The zero-order chi connectivity index (χ0) is 23.3. The van der Waals surface area contributed by atoms with Crippen LogP contribution in [0.3, 0.4) is 0 Å². The molecule has 3 aromatic rings. The van der Waals surface area contributed by atoms with E-state index in [-0.39, 0.29) is 17.7 Å². The summed E-state index contributed by atoms with van der Waals surface area (Å²) in [4.78, 5) is 26.0. The lowest BCUT2D eigenvalue weighted by Crippen LogP contribution is -2.26. The van der Waals surface area contributed by atoms with E-state index in [1.807, 2.05) is 13.0 Å². The third-order valence-corrected chi connectivity index (χ3v) is 8.17. The average Bonchev–Trinajstić information content (AvgIpc) is 3.51. The van der Waals surface area contributed by atoms with Crippen LogP contribution in [0.1, 0.15) is 48.1 Å². The van der Waals surface area contributed by atoms with Crippen molar-refractivity contribution in [1.29, 1.82) is 0 Å². The highest BCUT2D eigenvalue weighted by molar-refractivity contribution is 7.93. The van der Waals surface area contributed by atoms with Crippen molar-refractivity contribution < 1.29 is 17.9 Å². The van der Waals surface area contributed by atoms with E-state index < -0.39 is 10.0 Å². The van der Waals surface area contributed by atoms with E-state index in [0.29, 0.717) is 41.6 Å². The van der Waals surface area contributed by atoms with Gasteiger partial charge in [-0.3, -0.25) is 19.5 Å². The van der Waals surface area contributed by atoms with Crippen LogP contribution in [-0.2, 0) is 16.6 Å². The third-order valence-electron chi connectivity index (χ3n) is 5.26. The summed E-state index contributed by atoms with van der Waals surface area (Å²) in [6, 6.07) is 5.09. The van der Waals surface area contributed by atoms with E-state index in [1.54, 1.807) is 30.7 Å². The molecule has 0 unspecified atom stereocenters. The minimum Gasteiger partial charge on any atom is -0.492 e. The highest BCUT2D eigenvalue weighted by Gasteiger charge is 2.28. The van der Waals surface area contributed by atoms with Crippen LogP contribution in [0.2, 0.25) is 0 Å². The first-order valence-electron chi connectivity index (χ1n) is 10.7. The summed E-state index contributed by atoms with van der Waals surface area (Å²) in [5.74, 6) is 0.322. The van der Waals surface area contributed by atoms with Gasteiger partial charge in [0, 0.05) is 24.2 Å². The van der Waals surface area contributed by atoms with E-state index >= 15 is 0 Å². The maximum absolute atomic E-state index is 12.6. The van der Waals surface area contributed by atoms with Crippen LogP contribution in [0.5, 0.6) is 5.75 Å². The fourth-order valence-corrected chi connectivity index (χ4v) is 6.03. The normalized spacial score (nSPS) is 14.2. The van der Waals surface area contributed by atoms with Gasteiger partial charge >= 0.3 is 0 Å². The number of carbonyl (C=O) groups excluding carboxylic acids is 1. The van der Waals surface area contributed by atoms with Gasteiger partial charge in [-0.2, -0.15) is 0 Å². The van der Waals surface area contributed by atoms with Crippen LogP contribution in [0.25, 0.3) is 10.4 Å². The van der Waals surface area contributed by atoms with Crippen LogP contribution >= 0.6 is 11.3 Å². The molecule has 1 fully saturated rings. The number of ether oxygens (including phenoxy) is 1. The first kappa shape index (κ1) is 23.1. The quantitative estimate of drug-likeness (QED) is 0.472. The molecule has 0 bridgehead atoms. The molecule has 2 N–H and O–H groups in total. The van der Waals surface area contributed by atoms with Crippen molar-refractivity contribution >= 4 is 33.0 Å². The van der Waals surface area contributed by atoms with Crippen LogP contribution in [0.15, 0.2) is 43.0 Å². The van der Waals surface area contributed by atoms with Gasteiger partial charge < -0.3 is 10.1 Å². The standard InChI is InChI=1S/C22H25N5O4S2/c1-2-31-18-9-15(11-23-13-18)20-14-26-22(32-20)21(28)25-12-17-10-16(7-8-24-17)27-33(29,30)19-5-3-4-6-19/h7-11,13-14,19H,2-6,12H2,1H3,(H,24,27)(H,25,28). The predicted molar refractivity (Wildman–Crippen MR) is 127 cm³/mol. The number of rotatable bonds is 9. The highest BCUT2D eigenvalue weighted by Crippen LogP contribution is 2.28. The van der Waals surface area contributed by atoms with Gasteiger partial charge in [0.05, 0.1) is 40.9 Å². The number of hydrogen-bond donors (Lipinski definition) is 2. The fraction of sp³-hybridized carbons (Fsp3) is 0.364. The van der Waals surface area contributed by atoms with Gasteiger partial charge in [0.25, 0.3) is 5.91 Å². The Hall–Kier alpha value is -3.05. The number of nitrogens with zero attached hydrogens (tertiary/aromatic N) is 3. The molecule has 0 saturated heterocycles. The van der Waals surface area contributed by atoms with Crippen LogP contribution in [-0.4, -0.2) is 41.1 Å². The Morgan fingerprint density at radius 2 is 2.00 bits per heavy atom. The molecule has 1 aliphatic carbocycles. The number of thiazole rings is 1. The van der Waals surface area contributed by atoms with E-state index in [9.17, 15) is 13.2 Å². The first-order chi connectivity index (χ1) is 15.9. The second kappa shape index (κ2) is 10.3. The van der Waals surface area contributed by atoms with Crippen molar-refractivity contribution in [3.63, 3.8) is 0 Å². The number of carbonyl (C=O) groups is 1. The Kier molecular flexibility index (Phi) is 7.19. The second-order valence-corrected chi connectivity index (χ2v) is 10.6. The zero-order valence-electron chi connectivity index (χ0n) is 18.2. The molecule has 0 aliphatic heterocycles. The van der Waals surface area contributed by atoms with Crippen LogP contribution in [0, 0.1) is 0 Å². The Bertz CT molecular complexity index is 1220. The van der Waals surface area contributed by atoms with Gasteiger partial charge in [-0.25, -0.2) is 13.4 Å². The van der Waals surface area contributed by atoms with Gasteiger partial charge in [0.15, 0.2) is 5.01 Å². The monoisotopic (exact) mass is 487 g/mol. The second-order valence-electron chi connectivity index (χ2n) is 7.64. The molecule has 0 aromatic carbocycles. The smallest absolute Gasteiger partial charge is 0.280 e. The van der Waals surface area contributed by atoms with Crippen molar-refractivity contribution in [2.24, 2.45) is 0 Å². The van der Waals surface area contributed by atoms with Crippen molar-refractivity contribution in [1.82, 2.24) is 20.3 Å². The average molecular weight is 488 g/mol. The summed E-state index contributed by atoms with van der Waals surface area (Å²) in [5, 5.41) is 2.75. The summed E-state index contributed by atoms with van der Waals surface area (Å²) in [5.41, 5.74) is 1.81. The molecule has 0 spiro atoms. The van der Waals surface area contributed by atoms with Gasteiger partial charge in [0.2, 0.25) is 10.0 Å². The Balaban J connectivity index is 1.37. The summed E-state index contributed by atoms with van der Waals surface area (Å²) in [7, 11) is -3.42. The summed E-state index contributed by atoms with van der Waals surface area (Å²) < 4.78 is 33.2. The Labute approximate surface area is 196 Å². The number of aromatic nitrogens is 3. The van der Waals surface area contributed by atoms with Crippen molar-refractivity contribution in [3.8, 4) is 16.2 Å². The summed E-state index contributed by atoms with van der Waals surface area (Å²) in [6.07, 6.45) is 9.72. The van der Waals surface area contributed by atoms with Crippen molar-refractivity contribution in [3.05, 3.63) is 53.7 Å². The molecular formula is C22H25N5O4S2. The SMILES string of the molecule is CCOc1cncc(-c2cnc(C(=O)NCc3cc(NS(=O)(=O)C4CCCC4)ccn3)s2)c1. The maximum atomic E-state index is 12.6. The lowest BCUT2D eigenvalue weighted by atomic mass is 10.2. The van der Waals surface area contributed by atoms with Crippen molar-refractivity contribution in [2.45, 2.75) is 44.4 Å². The number of hydrogen-bond acceptors (Lipinski definition) is 8. The molecule has 1 aliphatic rings. The van der Waals surface area contributed by atoms with E-state index in [2.05, 4.69) is 25.0 Å². The molecular weight excluding hydrogens is 462 g/mol. The van der Waals surface area contributed by atoms with Gasteiger partial charge in [-0.1, -0.05) is 12.8 Å². The molecule has 3 heterocycles. The third kappa shape index (κ3) is 5.85. The van der Waals surface area contributed by atoms with E-state index in [1.165, 1.54) is 17.5 Å². The largest absolute Gasteiger partial charge is 0.492 e. The molecule has 11 heteroatoms. The zero-order valence-corrected chi connectivity index (χ0v) is 19.8. The lowest BCUT2D eigenvalue weighted by molar-refractivity contribution is 0.0950. The number of nitrogens with one attached hydrogen (secondary N) is 2. The number of amides is 1. The van der Waals surface area contributed by atoms with Gasteiger partial charge in [0.1, 0.15) is 5.75 Å². The maximum Gasteiger partial charge on any atom is 0.280 e. The lowest BCUT2D eigenvalue weighted by Gasteiger charge is -2.14.